The lowest BCUT2D eigenvalue weighted by atomic mass is 10.1. The Balaban J connectivity index is 1.40. The number of carbonyl (C=O) groups excluding carboxylic acids is 2. The van der Waals surface area contributed by atoms with Crippen molar-refractivity contribution in [1.82, 2.24) is 15.1 Å². The van der Waals surface area contributed by atoms with Crippen LogP contribution in [0.3, 0.4) is 0 Å². The third kappa shape index (κ3) is 6.41. The number of furan rings is 1. The van der Waals surface area contributed by atoms with E-state index in [1.165, 1.54) is 17.0 Å². The molecule has 9 nitrogen and oxygen atoms in total. The van der Waals surface area contributed by atoms with E-state index >= 15 is 0 Å². The van der Waals surface area contributed by atoms with Crippen LogP contribution in [0.25, 0.3) is 6.08 Å². The summed E-state index contributed by atoms with van der Waals surface area (Å²) in [4.78, 5) is 25.2. The SMILES string of the molecule is COc1ccc(/C=C/C(=O)Nc2cn(C)nc2C(=O)NCc2ccco2)cc1COc1ccccc1. The minimum atomic E-state index is -0.426. The van der Waals surface area contributed by atoms with Crippen LogP contribution in [0.5, 0.6) is 11.5 Å². The van der Waals surface area contributed by atoms with E-state index in [-0.39, 0.29) is 12.2 Å². The van der Waals surface area contributed by atoms with Crippen LogP contribution in [0.15, 0.2) is 83.6 Å². The molecule has 0 aliphatic carbocycles. The first-order valence-electron chi connectivity index (χ1n) is 11.2. The fourth-order valence-electron chi connectivity index (χ4n) is 3.45. The van der Waals surface area contributed by atoms with Gasteiger partial charge in [-0.2, -0.15) is 5.10 Å². The van der Waals surface area contributed by atoms with Crippen molar-refractivity contribution in [1.29, 1.82) is 0 Å². The number of nitrogens with one attached hydrogen (secondary N) is 2. The highest BCUT2D eigenvalue weighted by molar-refractivity contribution is 6.06. The molecular formula is C27H26N4O5. The predicted octanol–water partition coefficient (Wildman–Crippen LogP) is 4.18. The number of nitrogens with zero attached hydrogens (tertiary/aromatic N) is 2. The molecule has 2 heterocycles. The molecule has 184 valence electrons. The van der Waals surface area contributed by atoms with E-state index < -0.39 is 11.8 Å². The third-order valence-electron chi connectivity index (χ3n) is 5.17. The molecule has 2 amide bonds. The number of methoxy groups -OCH3 is 1. The Bertz CT molecular complexity index is 1340. The Hall–Kier alpha value is -4.79. The van der Waals surface area contributed by atoms with Gasteiger partial charge in [0.15, 0.2) is 5.69 Å². The molecule has 2 aromatic heterocycles. The van der Waals surface area contributed by atoms with Gasteiger partial charge in [0, 0.05) is 24.9 Å². The summed E-state index contributed by atoms with van der Waals surface area (Å²) in [5.41, 5.74) is 2.04. The predicted molar refractivity (Wildman–Crippen MR) is 135 cm³/mol. The Labute approximate surface area is 208 Å². The van der Waals surface area contributed by atoms with E-state index in [0.717, 1.165) is 16.9 Å². The van der Waals surface area contributed by atoms with Crippen molar-refractivity contribution in [2.45, 2.75) is 13.2 Å². The molecule has 2 N–H and O–H groups in total. The van der Waals surface area contributed by atoms with E-state index in [9.17, 15) is 9.59 Å². The number of aromatic nitrogens is 2. The largest absolute Gasteiger partial charge is 0.496 e. The minimum Gasteiger partial charge on any atom is -0.496 e. The zero-order chi connectivity index (χ0) is 25.3. The Morgan fingerprint density at radius 3 is 2.69 bits per heavy atom. The van der Waals surface area contributed by atoms with Crippen LogP contribution in [0.4, 0.5) is 5.69 Å². The Kier molecular flexibility index (Phi) is 7.82. The van der Waals surface area contributed by atoms with Crippen LogP contribution in [0.2, 0.25) is 0 Å². The van der Waals surface area contributed by atoms with Crippen molar-refractivity contribution in [3.63, 3.8) is 0 Å². The van der Waals surface area contributed by atoms with Gasteiger partial charge in [-0.25, -0.2) is 0 Å². The summed E-state index contributed by atoms with van der Waals surface area (Å²) in [6.45, 7) is 0.525. The number of hydrogen-bond acceptors (Lipinski definition) is 6. The van der Waals surface area contributed by atoms with E-state index in [4.69, 9.17) is 13.9 Å². The monoisotopic (exact) mass is 486 g/mol. The lowest BCUT2D eigenvalue weighted by Crippen LogP contribution is -2.24. The molecular weight excluding hydrogens is 460 g/mol. The number of carbonyl (C=O) groups is 2. The second-order valence-corrected chi connectivity index (χ2v) is 7.82. The van der Waals surface area contributed by atoms with Gasteiger partial charge in [-0.1, -0.05) is 24.3 Å². The topological polar surface area (TPSA) is 108 Å². The number of benzene rings is 2. The van der Waals surface area contributed by atoms with Gasteiger partial charge in [0.25, 0.3) is 5.91 Å². The summed E-state index contributed by atoms with van der Waals surface area (Å²) in [6, 6.07) is 18.5. The van der Waals surface area contributed by atoms with Gasteiger partial charge in [0.05, 0.1) is 25.6 Å². The average molecular weight is 487 g/mol. The van der Waals surface area contributed by atoms with Crippen LogP contribution in [0.1, 0.15) is 27.4 Å². The number of hydrogen-bond donors (Lipinski definition) is 2. The average Bonchev–Trinajstić information content (AvgIpc) is 3.55. The molecule has 36 heavy (non-hydrogen) atoms. The zero-order valence-electron chi connectivity index (χ0n) is 19.9. The number of anilines is 1. The molecule has 0 bridgehead atoms. The van der Waals surface area contributed by atoms with Gasteiger partial charge < -0.3 is 24.5 Å². The normalized spacial score (nSPS) is 10.8. The molecule has 0 unspecified atom stereocenters. The molecule has 0 saturated carbocycles. The van der Waals surface area contributed by atoms with E-state index in [2.05, 4.69) is 15.7 Å². The fraction of sp³-hybridized carbons (Fsp3) is 0.148. The van der Waals surface area contributed by atoms with Gasteiger partial charge in [0.2, 0.25) is 5.91 Å². The first kappa shape index (κ1) is 24.3. The molecule has 0 atom stereocenters. The van der Waals surface area contributed by atoms with Crippen molar-refractivity contribution >= 4 is 23.6 Å². The second-order valence-electron chi connectivity index (χ2n) is 7.82. The van der Waals surface area contributed by atoms with Crippen LogP contribution in [-0.4, -0.2) is 28.7 Å². The molecule has 2 aromatic carbocycles. The Morgan fingerprint density at radius 1 is 1.11 bits per heavy atom. The smallest absolute Gasteiger partial charge is 0.274 e. The maximum absolute atomic E-state index is 12.6. The van der Waals surface area contributed by atoms with Crippen molar-refractivity contribution in [3.05, 3.63) is 102 Å². The van der Waals surface area contributed by atoms with Gasteiger partial charge in [-0.05, 0) is 48.0 Å². The second kappa shape index (κ2) is 11.6. The number of ether oxygens (including phenoxy) is 2. The highest BCUT2D eigenvalue weighted by Crippen LogP contribution is 2.23. The van der Waals surface area contributed by atoms with E-state index in [1.807, 2.05) is 48.5 Å². The summed E-state index contributed by atoms with van der Waals surface area (Å²) >= 11 is 0. The van der Waals surface area contributed by atoms with Crippen molar-refractivity contribution in [3.8, 4) is 11.5 Å². The van der Waals surface area contributed by atoms with Gasteiger partial charge >= 0.3 is 0 Å². The molecule has 0 saturated heterocycles. The van der Waals surface area contributed by atoms with Crippen LogP contribution >= 0.6 is 0 Å². The quantitative estimate of drug-likeness (QED) is 0.326. The number of para-hydroxylation sites is 1. The highest BCUT2D eigenvalue weighted by Gasteiger charge is 2.17. The number of aryl methyl sites for hydroxylation is 1. The van der Waals surface area contributed by atoms with Gasteiger partial charge in [-0.15, -0.1) is 0 Å². The van der Waals surface area contributed by atoms with Crippen molar-refractivity contribution in [2.75, 3.05) is 12.4 Å². The zero-order valence-corrected chi connectivity index (χ0v) is 19.9. The maximum Gasteiger partial charge on any atom is 0.274 e. The van der Waals surface area contributed by atoms with Crippen LogP contribution in [-0.2, 0) is 25.0 Å². The van der Waals surface area contributed by atoms with E-state index in [0.29, 0.717) is 23.8 Å². The molecule has 0 aliphatic rings. The summed E-state index contributed by atoms with van der Waals surface area (Å²) in [6.07, 6.45) is 6.16. The van der Waals surface area contributed by atoms with Crippen molar-refractivity contribution in [2.24, 2.45) is 7.05 Å². The minimum absolute atomic E-state index is 0.107. The molecule has 4 aromatic rings. The number of rotatable bonds is 10. The standard InChI is InChI=1S/C27H26N4O5/c1-31-17-23(26(30-31)27(33)28-16-22-9-6-14-35-22)29-25(32)13-11-19-10-12-24(34-2)20(15-19)18-36-21-7-4-3-5-8-21/h3-15,17H,16,18H2,1-2H3,(H,28,33)(H,29,32)/b13-11+. The lowest BCUT2D eigenvalue weighted by molar-refractivity contribution is -0.111. The van der Waals surface area contributed by atoms with Crippen molar-refractivity contribution < 1.29 is 23.5 Å². The fourth-order valence-corrected chi connectivity index (χ4v) is 3.45. The maximum atomic E-state index is 12.6. The molecule has 0 aliphatic heterocycles. The van der Waals surface area contributed by atoms with Gasteiger partial charge in [0.1, 0.15) is 23.9 Å². The first-order chi connectivity index (χ1) is 17.5. The molecule has 0 fully saturated rings. The summed E-state index contributed by atoms with van der Waals surface area (Å²) < 4.78 is 18.0. The summed E-state index contributed by atoms with van der Waals surface area (Å²) in [5, 5.41) is 9.61. The third-order valence-corrected chi connectivity index (χ3v) is 5.17. The molecule has 4 rings (SSSR count). The lowest BCUT2D eigenvalue weighted by Gasteiger charge is -2.11. The molecule has 9 heteroatoms. The highest BCUT2D eigenvalue weighted by atomic mass is 16.5. The summed E-state index contributed by atoms with van der Waals surface area (Å²) in [7, 11) is 3.27. The van der Waals surface area contributed by atoms with E-state index in [1.54, 1.807) is 38.6 Å². The molecule has 0 radical (unpaired) electrons. The first-order valence-corrected chi connectivity index (χ1v) is 11.2. The molecule has 0 spiro atoms. The summed E-state index contributed by atoms with van der Waals surface area (Å²) in [5.74, 6) is 1.22. The Morgan fingerprint density at radius 2 is 1.94 bits per heavy atom. The number of amides is 2. The van der Waals surface area contributed by atoms with Gasteiger partial charge in [-0.3, -0.25) is 14.3 Å². The van der Waals surface area contributed by atoms with Crippen LogP contribution < -0.4 is 20.1 Å². The van der Waals surface area contributed by atoms with Crippen LogP contribution in [0, 0.1) is 0 Å².